The molecule has 4 atom stereocenters. The minimum Gasteiger partial charge on any atom is -0.203 e. The van der Waals surface area contributed by atoms with E-state index in [4.69, 9.17) is 0 Å². The smallest absolute Gasteiger partial charge is 0.166 e. The van der Waals surface area contributed by atoms with Gasteiger partial charge in [-0.1, -0.05) is 44.4 Å². The number of hydrogen-bond donors (Lipinski definition) is 0. The Morgan fingerprint density at radius 2 is 1.79 bits per heavy atom. The normalized spacial score (nSPS) is 27.0. The Morgan fingerprint density at radius 3 is 2.59 bits per heavy atom. The zero-order valence-electron chi connectivity index (χ0n) is 17.7. The van der Waals surface area contributed by atoms with E-state index in [0.717, 1.165) is 23.1 Å². The van der Waals surface area contributed by atoms with Crippen LogP contribution in [0.15, 0.2) is 36.9 Å². The summed E-state index contributed by atoms with van der Waals surface area (Å²) in [6, 6.07) is 7.89. The molecule has 2 saturated carbocycles. The van der Waals surface area contributed by atoms with E-state index in [-0.39, 0.29) is 0 Å². The third-order valence-electron chi connectivity index (χ3n) is 7.63. The summed E-state index contributed by atoms with van der Waals surface area (Å²) in [6.07, 6.45) is 13.4. The first-order valence-corrected chi connectivity index (χ1v) is 11.6. The van der Waals surface area contributed by atoms with Crippen molar-refractivity contribution in [2.75, 3.05) is 0 Å². The van der Waals surface area contributed by atoms with Gasteiger partial charge >= 0.3 is 0 Å². The maximum Gasteiger partial charge on any atom is 0.166 e. The highest BCUT2D eigenvalue weighted by Crippen LogP contribution is 2.48. The van der Waals surface area contributed by atoms with Crippen molar-refractivity contribution in [1.29, 1.82) is 0 Å². The van der Waals surface area contributed by atoms with Crippen molar-refractivity contribution in [3.8, 4) is 0 Å². The highest BCUT2D eigenvalue weighted by molar-refractivity contribution is 5.85. The minimum absolute atomic E-state index is 0.441. The lowest BCUT2D eigenvalue weighted by molar-refractivity contribution is 0.114. The van der Waals surface area contributed by atoms with Crippen molar-refractivity contribution in [2.45, 2.75) is 77.0 Å². The molecule has 2 heteroatoms. The zero-order chi connectivity index (χ0) is 20.4. The molecule has 0 nitrogen and oxygen atoms in total. The fourth-order valence-electron chi connectivity index (χ4n) is 6.05. The zero-order valence-corrected chi connectivity index (χ0v) is 17.7. The standard InChI is InChI=1S/C27H34F2/c1-3-5-7-24-16-23-13-12-22(17-25(23)27(29)26(24)28)21-11-10-19-14-18(6-4-2)8-9-20(19)15-21/h3,12-13,16-21H,1,4-11,14-15H2,2H3. The molecule has 2 aliphatic rings. The molecule has 4 unspecified atom stereocenters. The van der Waals surface area contributed by atoms with Crippen molar-refractivity contribution in [3.63, 3.8) is 0 Å². The lowest BCUT2D eigenvalue weighted by Crippen LogP contribution is -2.30. The van der Waals surface area contributed by atoms with Crippen LogP contribution in [0.25, 0.3) is 10.8 Å². The van der Waals surface area contributed by atoms with E-state index in [0.29, 0.717) is 29.7 Å². The summed E-state index contributed by atoms with van der Waals surface area (Å²) in [5, 5.41) is 1.25. The molecule has 2 fully saturated rings. The molecule has 0 heterocycles. The van der Waals surface area contributed by atoms with Gasteiger partial charge in [0.1, 0.15) is 0 Å². The summed E-state index contributed by atoms with van der Waals surface area (Å²) in [4.78, 5) is 0. The molecular weight excluding hydrogens is 362 g/mol. The van der Waals surface area contributed by atoms with E-state index in [9.17, 15) is 8.78 Å². The third kappa shape index (κ3) is 4.27. The topological polar surface area (TPSA) is 0 Å². The molecule has 0 aliphatic heterocycles. The van der Waals surface area contributed by atoms with Crippen LogP contribution in [0.5, 0.6) is 0 Å². The number of allylic oxidation sites excluding steroid dienone is 1. The first-order chi connectivity index (χ1) is 14.1. The average Bonchev–Trinajstić information content (AvgIpc) is 2.75. The van der Waals surface area contributed by atoms with E-state index in [2.05, 4.69) is 19.6 Å². The van der Waals surface area contributed by atoms with Crippen LogP contribution < -0.4 is 0 Å². The SMILES string of the molecule is C=CCCc1cc2ccc(C3CCC4CC(CCC)CCC4C3)cc2c(F)c1F. The van der Waals surface area contributed by atoms with Crippen LogP contribution in [0.1, 0.15) is 81.8 Å². The van der Waals surface area contributed by atoms with E-state index < -0.39 is 11.6 Å². The molecule has 0 bridgehead atoms. The van der Waals surface area contributed by atoms with Crippen molar-refractivity contribution >= 4 is 10.8 Å². The number of aryl methyl sites for hydroxylation is 1. The van der Waals surface area contributed by atoms with Gasteiger partial charge in [0, 0.05) is 5.39 Å². The second-order valence-corrected chi connectivity index (χ2v) is 9.47. The Labute approximate surface area is 174 Å². The molecule has 0 radical (unpaired) electrons. The molecule has 0 N–H and O–H groups in total. The van der Waals surface area contributed by atoms with Gasteiger partial charge in [0.05, 0.1) is 0 Å². The molecule has 2 aromatic carbocycles. The van der Waals surface area contributed by atoms with Crippen molar-refractivity contribution in [2.24, 2.45) is 17.8 Å². The van der Waals surface area contributed by atoms with Gasteiger partial charge in [0.25, 0.3) is 0 Å². The first-order valence-electron chi connectivity index (χ1n) is 11.6. The summed E-state index contributed by atoms with van der Waals surface area (Å²) in [6.45, 7) is 5.98. The second-order valence-electron chi connectivity index (χ2n) is 9.47. The first kappa shape index (κ1) is 20.6. The van der Waals surface area contributed by atoms with Gasteiger partial charge in [-0.2, -0.15) is 0 Å². The molecule has 156 valence electrons. The summed E-state index contributed by atoms with van der Waals surface area (Å²) >= 11 is 0. The Bertz CT molecular complexity index is 868. The van der Waals surface area contributed by atoms with E-state index in [1.807, 2.05) is 18.2 Å². The third-order valence-corrected chi connectivity index (χ3v) is 7.63. The van der Waals surface area contributed by atoms with Crippen molar-refractivity contribution in [3.05, 3.63) is 59.7 Å². The van der Waals surface area contributed by atoms with Crippen molar-refractivity contribution in [1.82, 2.24) is 0 Å². The average molecular weight is 397 g/mol. The Morgan fingerprint density at radius 1 is 1.00 bits per heavy atom. The van der Waals surface area contributed by atoms with E-state index >= 15 is 0 Å². The van der Waals surface area contributed by atoms with Gasteiger partial charge in [-0.05, 0) is 97.3 Å². The molecule has 2 aromatic rings. The maximum absolute atomic E-state index is 14.8. The largest absolute Gasteiger partial charge is 0.203 e. The Kier molecular flexibility index (Phi) is 6.37. The lowest BCUT2D eigenvalue weighted by Gasteiger charge is -2.42. The predicted molar refractivity (Wildman–Crippen MR) is 118 cm³/mol. The molecule has 0 aromatic heterocycles. The molecular formula is C27H34F2. The molecule has 4 rings (SSSR count). The Hall–Kier alpha value is -1.70. The fourth-order valence-corrected chi connectivity index (χ4v) is 6.05. The number of rotatable bonds is 6. The summed E-state index contributed by atoms with van der Waals surface area (Å²) in [5.74, 6) is 1.77. The van der Waals surface area contributed by atoms with Crippen LogP contribution >= 0.6 is 0 Å². The van der Waals surface area contributed by atoms with Gasteiger partial charge < -0.3 is 0 Å². The summed E-state index contributed by atoms with van der Waals surface area (Å²) < 4.78 is 29.4. The summed E-state index contributed by atoms with van der Waals surface area (Å²) in [7, 11) is 0. The highest BCUT2D eigenvalue weighted by atomic mass is 19.2. The van der Waals surface area contributed by atoms with Crippen LogP contribution in [0.2, 0.25) is 0 Å². The van der Waals surface area contributed by atoms with Gasteiger partial charge in [0.15, 0.2) is 11.6 Å². The van der Waals surface area contributed by atoms with Crippen molar-refractivity contribution < 1.29 is 8.78 Å². The summed E-state index contributed by atoms with van der Waals surface area (Å²) in [5.41, 5.74) is 1.65. The maximum atomic E-state index is 14.8. The van der Waals surface area contributed by atoms with Crippen LogP contribution in [-0.4, -0.2) is 0 Å². The van der Waals surface area contributed by atoms with Crippen LogP contribution in [-0.2, 0) is 6.42 Å². The van der Waals surface area contributed by atoms with Gasteiger partial charge in [-0.25, -0.2) is 8.78 Å². The second kappa shape index (κ2) is 8.98. The van der Waals surface area contributed by atoms with Crippen LogP contribution in [0.4, 0.5) is 8.78 Å². The Balaban J connectivity index is 1.53. The number of fused-ring (bicyclic) bond motifs is 2. The molecule has 0 saturated heterocycles. The van der Waals surface area contributed by atoms with E-state index in [1.165, 1.54) is 56.9 Å². The number of hydrogen-bond acceptors (Lipinski definition) is 0. The van der Waals surface area contributed by atoms with Crippen LogP contribution in [0.3, 0.4) is 0 Å². The van der Waals surface area contributed by atoms with Gasteiger partial charge in [-0.15, -0.1) is 6.58 Å². The quantitative estimate of drug-likeness (QED) is 0.430. The fraction of sp³-hybridized carbons (Fsp3) is 0.556. The lowest BCUT2D eigenvalue weighted by atomic mass is 9.63. The van der Waals surface area contributed by atoms with Crippen LogP contribution in [0, 0.1) is 29.4 Å². The molecule has 2 aliphatic carbocycles. The van der Waals surface area contributed by atoms with Gasteiger partial charge in [0.2, 0.25) is 0 Å². The number of benzene rings is 2. The van der Waals surface area contributed by atoms with E-state index in [1.54, 1.807) is 6.08 Å². The molecule has 29 heavy (non-hydrogen) atoms. The number of halogens is 2. The molecule has 0 spiro atoms. The predicted octanol–water partition coefficient (Wildman–Crippen LogP) is 8.34. The monoisotopic (exact) mass is 396 g/mol. The highest BCUT2D eigenvalue weighted by Gasteiger charge is 2.35. The minimum atomic E-state index is -0.686. The van der Waals surface area contributed by atoms with Gasteiger partial charge in [-0.3, -0.25) is 0 Å². The molecule has 0 amide bonds.